The zero-order chi connectivity index (χ0) is 18.7. The third-order valence-corrected chi connectivity index (χ3v) is 5.11. The second kappa shape index (κ2) is 7.59. The van der Waals surface area contributed by atoms with Gasteiger partial charge in [0.05, 0.1) is 30.0 Å². The molecule has 2 amide bonds. The van der Waals surface area contributed by atoms with Gasteiger partial charge in [0.2, 0.25) is 11.8 Å². The Morgan fingerprint density at radius 3 is 2.69 bits per heavy atom. The number of thiazole rings is 1. The highest BCUT2D eigenvalue weighted by atomic mass is 32.1. The van der Waals surface area contributed by atoms with Crippen LogP contribution in [0.25, 0.3) is 10.2 Å². The molecule has 2 heterocycles. The molecule has 0 atom stereocenters. The van der Waals surface area contributed by atoms with E-state index in [9.17, 15) is 9.59 Å². The molecule has 0 spiro atoms. The second-order valence-corrected chi connectivity index (χ2v) is 8.27. The summed E-state index contributed by atoms with van der Waals surface area (Å²) in [6.07, 6.45) is 0. The van der Waals surface area contributed by atoms with Gasteiger partial charge in [-0.1, -0.05) is 32.1 Å². The number of carbonyl (C=O) groups is 2. The number of aromatic nitrogens is 1. The highest BCUT2D eigenvalue weighted by Gasteiger charge is 2.21. The average molecular weight is 376 g/mol. The summed E-state index contributed by atoms with van der Waals surface area (Å²) in [4.78, 5) is 30.8. The van der Waals surface area contributed by atoms with Crippen molar-refractivity contribution in [3.8, 4) is 0 Å². The van der Waals surface area contributed by atoms with Crippen LogP contribution in [0, 0.1) is 5.41 Å². The molecule has 1 saturated heterocycles. The number of rotatable bonds is 4. The van der Waals surface area contributed by atoms with Gasteiger partial charge in [0, 0.05) is 24.2 Å². The number of nitrogens with one attached hydrogen (secondary N) is 2. The first-order chi connectivity index (χ1) is 12.3. The molecular weight excluding hydrogens is 352 g/mol. The maximum absolute atomic E-state index is 12.1. The molecule has 2 N–H and O–H groups in total. The van der Waals surface area contributed by atoms with Gasteiger partial charge >= 0.3 is 0 Å². The first-order valence-corrected chi connectivity index (χ1v) is 9.46. The van der Waals surface area contributed by atoms with Crippen LogP contribution in [0.4, 0.5) is 10.8 Å². The quantitative estimate of drug-likeness (QED) is 0.855. The molecule has 2 aromatic rings. The number of benzene rings is 1. The van der Waals surface area contributed by atoms with E-state index >= 15 is 0 Å². The first kappa shape index (κ1) is 18.6. The van der Waals surface area contributed by atoms with Gasteiger partial charge in [0.25, 0.3) is 0 Å². The molecule has 0 saturated carbocycles. The van der Waals surface area contributed by atoms with Crippen molar-refractivity contribution in [3.63, 3.8) is 0 Å². The van der Waals surface area contributed by atoms with Crippen molar-refractivity contribution >= 4 is 44.2 Å². The zero-order valence-electron chi connectivity index (χ0n) is 15.3. The van der Waals surface area contributed by atoms with E-state index in [-0.39, 0.29) is 18.4 Å². The monoisotopic (exact) mass is 376 g/mol. The van der Waals surface area contributed by atoms with Crippen LogP contribution in [0.1, 0.15) is 20.8 Å². The number of nitrogens with zero attached hydrogens (tertiary/aromatic N) is 2. The van der Waals surface area contributed by atoms with E-state index in [4.69, 9.17) is 4.74 Å². The largest absolute Gasteiger partial charge is 0.378 e. The third-order valence-electron chi connectivity index (χ3n) is 4.03. The second-order valence-electron chi connectivity index (χ2n) is 7.26. The van der Waals surface area contributed by atoms with Crippen molar-refractivity contribution < 1.29 is 14.3 Å². The SMILES string of the molecule is CC(C)(C)C(=O)NCC(=O)Nc1ccc2nc(N3CCOCC3)sc2c1. The summed E-state index contributed by atoms with van der Waals surface area (Å²) in [5, 5.41) is 6.45. The molecule has 1 fully saturated rings. The van der Waals surface area contributed by atoms with Crippen LogP contribution in [0.3, 0.4) is 0 Å². The number of morpholine rings is 1. The molecule has 1 aliphatic rings. The molecule has 26 heavy (non-hydrogen) atoms. The summed E-state index contributed by atoms with van der Waals surface area (Å²) in [7, 11) is 0. The average Bonchev–Trinajstić information content (AvgIpc) is 3.03. The number of anilines is 2. The summed E-state index contributed by atoms with van der Waals surface area (Å²) < 4.78 is 6.39. The van der Waals surface area contributed by atoms with Gasteiger partial charge in [-0.05, 0) is 18.2 Å². The number of hydrogen-bond donors (Lipinski definition) is 2. The molecule has 1 aliphatic heterocycles. The Balaban J connectivity index is 1.63. The van der Waals surface area contributed by atoms with E-state index in [1.54, 1.807) is 11.3 Å². The predicted octanol–water partition coefficient (Wildman–Crippen LogP) is 2.23. The lowest BCUT2D eigenvalue weighted by Crippen LogP contribution is -2.39. The number of ether oxygens (including phenoxy) is 1. The Morgan fingerprint density at radius 2 is 2.00 bits per heavy atom. The minimum absolute atomic E-state index is 0.0458. The van der Waals surface area contributed by atoms with Crippen molar-refractivity contribution in [2.75, 3.05) is 43.1 Å². The minimum Gasteiger partial charge on any atom is -0.378 e. The van der Waals surface area contributed by atoms with Crippen LogP contribution in [0.5, 0.6) is 0 Å². The molecule has 1 aromatic heterocycles. The van der Waals surface area contributed by atoms with Crippen molar-refractivity contribution in [1.29, 1.82) is 0 Å². The van der Waals surface area contributed by atoms with Crippen LogP contribution >= 0.6 is 11.3 Å². The summed E-state index contributed by atoms with van der Waals surface area (Å²) in [5.41, 5.74) is 1.10. The van der Waals surface area contributed by atoms with Gasteiger partial charge in [-0.25, -0.2) is 4.98 Å². The molecule has 0 unspecified atom stereocenters. The lowest BCUT2D eigenvalue weighted by molar-refractivity contribution is -0.130. The van der Waals surface area contributed by atoms with Crippen LogP contribution < -0.4 is 15.5 Å². The first-order valence-electron chi connectivity index (χ1n) is 8.64. The number of hydrogen-bond acceptors (Lipinski definition) is 6. The molecule has 1 aromatic carbocycles. The number of amides is 2. The Labute approximate surface area is 156 Å². The van der Waals surface area contributed by atoms with Crippen LogP contribution in [0.15, 0.2) is 18.2 Å². The zero-order valence-corrected chi connectivity index (χ0v) is 16.1. The fraction of sp³-hybridized carbons (Fsp3) is 0.500. The Bertz CT molecular complexity index is 806. The Morgan fingerprint density at radius 1 is 1.27 bits per heavy atom. The van der Waals surface area contributed by atoms with Crippen LogP contribution in [-0.4, -0.2) is 49.6 Å². The summed E-state index contributed by atoms with van der Waals surface area (Å²) in [6, 6.07) is 5.65. The Hall–Kier alpha value is -2.19. The molecule has 8 heteroatoms. The number of fused-ring (bicyclic) bond motifs is 1. The van der Waals surface area contributed by atoms with Gasteiger partial charge in [0.15, 0.2) is 5.13 Å². The molecule has 7 nitrogen and oxygen atoms in total. The minimum atomic E-state index is -0.516. The number of carbonyl (C=O) groups excluding carboxylic acids is 2. The smallest absolute Gasteiger partial charge is 0.243 e. The maximum Gasteiger partial charge on any atom is 0.243 e. The molecular formula is C18H24N4O3S. The van der Waals surface area contributed by atoms with Crippen LogP contribution in [-0.2, 0) is 14.3 Å². The molecule has 3 rings (SSSR count). The maximum atomic E-state index is 12.1. The lowest BCUT2D eigenvalue weighted by atomic mass is 9.96. The van der Waals surface area contributed by atoms with Crippen molar-refractivity contribution in [2.24, 2.45) is 5.41 Å². The highest BCUT2D eigenvalue weighted by Crippen LogP contribution is 2.31. The molecule has 140 valence electrons. The van der Waals surface area contributed by atoms with Crippen molar-refractivity contribution in [3.05, 3.63) is 18.2 Å². The Kier molecular flexibility index (Phi) is 5.43. The molecule has 0 bridgehead atoms. The predicted molar refractivity (Wildman–Crippen MR) is 104 cm³/mol. The van der Waals surface area contributed by atoms with E-state index in [2.05, 4.69) is 20.5 Å². The summed E-state index contributed by atoms with van der Waals surface area (Å²) >= 11 is 1.60. The van der Waals surface area contributed by atoms with E-state index in [0.717, 1.165) is 41.7 Å². The van der Waals surface area contributed by atoms with E-state index in [1.807, 2.05) is 39.0 Å². The fourth-order valence-electron chi connectivity index (χ4n) is 2.51. The van der Waals surface area contributed by atoms with Gasteiger partial charge in [-0.2, -0.15) is 0 Å². The van der Waals surface area contributed by atoms with E-state index < -0.39 is 5.41 Å². The van der Waals surface area contributed by atoms with Gasteiger partial charge < -0.3 is 20.3 Å². The topological polar surface area (TPSA) is 83.6 Å². The fourth-order valence-corrected chi connectivity index (χ4v) is 3.57. The highest BCUT2D eigenvalue weighted by molar-refractivity contribution is 7.22. The van der Waals surface area contributed by atoms with Crippen LogP contribution in [0.2, 0.25) is 0 Å². The third kappa shape index (κ3) is 4.50. The lowest BCUT2D eigenvalue weighted by Gasteiger charge is -2.25. The van der Waals surface area contributed by atoms with Gasteiger partial charge in [-0.3, -0.25) is 9.59 Å². The van der Waals surface area contributed by atoms with Crippen molar-refractivity contribution in [2.45, 2.75) is 20.8 Å². The molecule has 0 radical (unpaired) electrons. The van der Waals surface area contributed by atoms with Gasteiger partial charge in [0.1, 0.15) is 0 Å². The summed E-state index contributed by atoms with van der Waals surface area (Å²) in [5.74, 6) is -0.402. The molecule has 0 aliphatic carbocycles. The normalized spacial score (nSPS) is 15.1. The summed E-state index contributed by atoms with van der Waals surface area (Å²) in [6.45, 7) is 8.51. The van der Waals surface area contributed by atoms with E-state index in [1.165, 1.54) is 0 Å². The van der Waals surface area contributed by atoms with Crippen molar-refractivity contribution in [1.82, 2.24) is 10.3 Å². The van der Waals surface area contributed by atoms with Gasteiger partial charge in [-0.15, -0.1) is 0 Å². The standard InChI is InChI=1S/C18H24N4O3S/c1-18(2,3)16(24)19-11-15(23)20-12-4-5-13-14(10-12)26-17(21-13)22-6-8-25-9-7-22/h4-5,10H,6-9,11H2,1-3H3,(H,19,24)(H,20,23). The van der Waals surface area contributed by atoms with E-state index in [0.29, 0.717) is 5.69 Å².